The Morgan fingerprint density at radius 3 is 2.63 bits per heavy atom. The molecule has 1 atom stereocenters. The maximum absolute atomic E-state index is 11.9. The van der Waals surface area contributed by atoms with Crippen LogP contribution in [0.2, 0.25) is 0 Å². The maximum Gasteiger partial charge on any atom is 0.336 e. The van der Waals surface area contributed by atoms with Crippen LogP contribution in [0.1, 0.15) is 24.5 Å². The van der Waals surface area contributed by atoms with E-state index in [9.17, 15) is 14.4 Å². The number of ether oxygens (including phenoxy) is 3. The first-order valence-corrected chi connectivity index (χ1v) is 8.83. The van der Waals surface area contributed by atoms with Crippen molar-refractivity contribution in [1.82, 2.24) is 0 Å². The summed E-state index contributed by atoms with van der Waals surface area (Å²) < 4.78 is 20.4. The molecule has 0 aliphatic carbocycles. The zero-order chi connectivity index (χ0) is 20.0. The minimum Gasteiger partial charge on any atom is -0.463 e. The van der Waals surface area contributed by atoms with E-state index >= 15 is 0 Å². The van der Waals surface area contributed by atoms with Crippen LogP contribution in [-0.2, 0) is 25.5 Å². The van der Waals surface area contributed by atoms with Crippen LogP contribution in [0.5, 0.6) is 5.75 Å². The Labute approximate surface area is 161 Å². The molecule has 0 N–H and O–H groups in total. The van der Waals surface area contributed by atoms with E-state index in [1.807, 2.05) is 0 Å². The van der Waals surface area contributed by atoms with E-state index in [-0.39, 0.29) is 30.8 Å². The van der Waals surface area contributed by atoms with Gasteiger partial charge in [-0.05, 0) is 37.5 Å². The fraction of sp³-hybridized carbons (Fsp3) is 0.421. The molecule has 0 spiro atoms. The summed E-state index contributed by atoms with van der Waals surface area (Å²) in [6.07, 6.45) is 0.367. The first kappa shape index (κ1) is 20.9. The van der Waals surface area contributed by atoms with Gasteiger partial charge in [0.05, 0.1) is 6.61 Å². The van der Waals surface area contributed by atoms with Crippen LogP contribution in [0.3, 0.4) is 0 Å². The van der Waals surface area contributed by atoms with Crippen molar-refractivity contribution in [3.63, 3.8) is 0 Å². The number of alkyl halides is 1. The average molecular weight is 397 g/mol. The molecule has 0 saturated carbocycles. The summed E-state index contributed by atoms with van der Waals surface area (Å²) in [5.74, 6) is -0.847. The summed E-state index contributed by atoms with van der Waals surface area (Å²) in [7, 11) is 1.52. The minimum atomic E-state index is -0.850. The molecule has 2 rings (SSSR count). The molecular weight excluding hydrogens is 376 g/mol. The first-order valence-electron chi connectivity index (χ1n) is 8.39. The van der Waals surface area contributed by atoms with Gasteiger partial charge in [0, 0.05) is 31.0 Å². The van der Waals surface area contributed by atoms with Gasteiger partial charge in [-0.1, -0.05) is 0 Å². The first-order chi connectivity index (χ1) is 12.8. The third kappa shape index (κ3) is 5.80. The highest BCUT2D eigenvalue weighted by Crippen LogP contribution is 2.29. The Kier molecular flexibility index (Phi) is 7.38. The SMILES string of the molecule is COCCOC(=O)CCc1cc2c(C)cc(=O)oc2cc1OC(=O)C(C)Cl. The minimum absolute atomic E-state index is 0.0893. The third-order valence-electron chi connectivity index (χ3n) is 3.82. The second-order valence-electron chi connectivity index (χ2n) is 5.95. The molecule has 1 unspecified atom stereocenters. The Bertz CT molecular complexity index is 885. The quantitative estimate of drug-likeness (QED) is 0.223. The van der Waals surface area contributed by atoms with Crippen molar-refractivity contribution in [2.45, 2.75) is 32.1 Å². The predicted molar refractivity (Wildman–Crippen MR) is 99.3 cm³/mol. The Hall–Kier alpha value is -2.38. The van der Waals surface area contributed by atoms with Crippen LogP contribution in [0.15, 0.2) is 27.4 Å². The number of aryl methyl sites for hydroxylation is 2. The molecular formula is C19H21ClO7. The second-order valence-corrected chi connectivity index (χ2v) is 6.61. The fourth-order valence-electron chi connectivity index (χ4n) is 2.42. The molecule has 7 nitrogen and oxygen atoms in total. The molecule has 146 valence electrons. The van der Waals surface area contributed by atoms with Crippen molar-refractivity contribution < 1.29 is 28.2 Å². The van der Waals surface area contributed by atoms with E-state index in [2.05, 4.69) is 0 Å². The molecule has 27 heavy (non-hydrogen) atoms. The van der Waals surface area contributed by atoms with Gasteiger partial charge >= 0.3 is 17.6 Å². The standard InChI is InChI=1S/C19H21ClO7/c1-11-8-18(22)26-16-10-15(27-19(23)12(2)20)13(9-14(11)16)4-5-17(21)25-7-6-24-3/h8-10,12H,4-7H2,1-3H3. The van der Waals surface area contributed by atoms with Gasteiger partial charge in [0.25, 0.3) is 0 Å². The number of carbonyl (C=O) groups is 2. The lowest BCUT2D eigenvalue weighted by Gasteiger charge is -2.13. The normalized spacial score (nSPS) is 12.0. The summed E-state index contributed by atoms with van der Waals surface area (Å²) in [4.78, 5) is 35.3. The second kappa shape index (κ2) is 9.53. The van der Waals surface area contributed by atoms with Crippen molar-refractivity contribution in [3.8, 4) is 5.75 Å². The van der Waals surface area contributed by atoms with Crippen molar-refractivity contribution in [2.24, 2.45) is 0 Å². The molecule has 0 saturated heterocycles. The van der Waals surface area contributed by atoms with Crippen LogP contribution in [0.4, 0.5) is 0 Å². The van der Waals surface area contributed by atoms with Crippen molar-refractivity contribution >= 4 is 34.5 Å². The monoisotopic (exact) mass is 396 g/mol. The lowest BCUT2D eigenvalue weighted by atomic mass is 10.0. The average Bonchev–Trinajstić information content (AvgIpc) is 2.60. The molecule has 8 heteroatoms. The number of methoxy groups -OCH3 is 1. The Balaban J connectivity index is 2.31. The van der Waals surface area contributed by atoms with Gasteiger partial charge in [0.1, 0.15) is 23.3 Å². The molecule has 1 aromatic carbocycles. The Morgan fingerprint density at radius 1 is 1.22 bits per heavy atom. The molecule has 2 aromatic rings. The van der Waals surface area contributed by atoms with E-state index in [4.69, 9.17) is 30.2 Å². The number of hydrogen-bond acceptors (Lipinski definition) is 7. The molecule has 0 aliphatic heterocycles. The largest absolute Gasteiger partial charge is 0.463 e. The van der Waals surface area contributed by atoms with E-state index in [1.54, 1.807) is 13.0 Å². The van der Waals surface area contributed by atoms with Crippen molar-refractivity contribution in [1.29, 1.82) is 0 Å². The zero-order valence-corrected chi connectivity index (χ0v) is 16.1. The summed E-state index contributed by atoms with van der Waals surface area (Å²) in [6.45, 7) is 3.75. The number of esters is 2. The van der Waals surface area contributed by atoms with Gasteiger partial charge in [0.2, 0.25) is 0 Å². The van der Waals surface area contributed by atoms with Gasteiger partial charge < -0.3 is 18.6 Å². The molecule has 0 aliphatic rings. The van der Waals surface area contributed by atoms with E-state index in [0.29, 0.717) is 23.1 Å². The Morgan fingerprint density at radius 2 is 1.96 bits per heavy atom. The molecule has 0 bridgehead atoms. The number of hydrogen-bond donors (Lipinski definition) is 0. The highest BCUT2D eigenvalue weighted by molar-refractivity contribution is 6.29. The lowest BCUT2D eigenvalue weighted by Crippen LogP contribution is -2.18. The van der Waals surface area contributed by atoms with E-state index in [1.165, 1.54) is 26.2 Å². The summed E-state index contributed by atoms with van der Waals surface area (Å²) in [5.41, 5.74) is 1.11. The predicted octanol–water partition coefficient (Wildman–Crippen LogP) is 2.76. The molecule has 1 heterocycles. The van der Waals surface area contributed by atoms with Gasteiger partial charge in [-0.25, -0.2) is 4.79 Å². The molecule has 0 amide bonds. The number of rotatable bonds is 8. The maximum atomic E-state index is 11.9. The van der Waals surface area contributed by atoms with Crippen molar-refractivity contribution in [3.05, 3.63) is 39.7 Å². The lowest BCUT2D eigenvalue weighted by molar-refractivity contribution is -0.144. The number of carbonyl (C=O) groups excluding carboxylic acids is 2. The smallest absolute Gasteiger partial charge is 0.336 e. The highest BCUT2D eigenvalue weighted by Gasteiger charge is 2.18. The van der Waals surface area contributed by atoms with Gasteiger partial charge in [-0.2, -0.15) is 0 Å². The van der Waals surface area contributed by atoms with Crippen LogP contribution >= 0.6 is 11.6 Å². The van der Waals surface area contributed by atoms with Gasteiger partial charge in [-0.15, -0.1) is 11.6 Å². The summed E-state index contributed by atoms with van der Waals surface area (Å²) in [5, 5.41) is -0.159. The number of benzene rings is 1. The van der Waals surface area contributed by atoms with Crippen LogP contribution in [-0.4, -0.2) is 37.6 Å². The zero-order valence-electron chi connectivity index (χ0n) is 15.4. The number of halogens is 1. The van der Waals surface area contributed by atoms with Crippen LogP contribution in [0, 0.1) is 6.92 Å². The fourth-order valence-corrected chi connectivity index (χ4v) is 2.46. The van der Waals surface area contributed by atoms with Gasteiger partial charge in [-0.3, -0.25) is 9.59 Å². The third-order valence-corrected chi connectivity index (χ3v) is 3.99. The van der Waals surface area contributed by atoms with Crippen LogP contribution < -0.4 is 10.4 Å². The molecule has 1 aromatic heterocycles. The summed E-state index contributed by atoms with van der Waals surface area (Å²) >= 11 is 5.76. The summed E-state index contributed by atoms with van der Waals surface area (Å²) in [6, 6.07) is 4.57. The van der Waals surface area contributed by atoms with Crippen LogP contribution in [0.25, 0.3) is 11.0 Å². The molecule has 0 radical (unpaired) electrons. The van der Waals surface area contributed by atoms with Crippen molar-refractivity contribution in [2.75, 3.05) is 20.3 Å². The van der Waals surface area contributed by atoms with Gasteiger partial charge in [0.15, 0.2) is 0 Å². The van der Waals surface area contributed by atoms with E-state index in [0.717, 1.165) is 0 Å². The number of fused-ring (bicyclic) bond motifs is 1. The highest BCUT2D eigenvalue weighted by atomic mass is 35.5. The molecule has 0 fully saturated rings. The topological polar surface area (TPSA) is 92.0 Å². The van der Waals surface area contributed by atoms with E-state index < -0.39 is 22.9 Å².